The molecule has 0 aliphatic heterocycles. The van der Waals surface area contributed by atoms with Crippen LogP contribution in [0.5, 0.6) is 0 Å². The van der Waals surface area contributed by atoms with Gasteiger partial charge in [-0.2, -0.15) is 0 Å². The van der Waals surface area contributed by atoms with Gasteiger partial charge in [0.05, 0.1) is 17.0 Å². The summed E-state index contributed by atoms with van der Waals surface area (Å²) >= 11 is 12.2. The van der Waals surface area contributed by atoms with Gasteiger partial charge in [-0.25, -0.2) is 8.42 Å². The van der Waals surface area contributed by atoms with E-state index in [1.807, 2.05) is 44.2 Å². The van der Waals surface area contributed by atoms with Crippen LogP contribution in [-0.4, -0.2) is 50.0 Å². The molecule has 2 aromatic rings. The highest BCUT2D eigenvalue weighted by atomic mass is 35.5. The molecule has 180 valence electrons. The van der Waals surface area contributed by atoms with Crippen molar-refractivity contribution in [1.82, 2.24) is 10.2 Å². The number of nitrogens with one attached hydrogen (secondary N) is 1. The number of carbonyl (C=O) groups is 2. The number of hydrogen-bond acceptors (Lipinski definition) is 4. The topological polar surface area (TPSA) is 86.8 Å². The minimum absolute atomic E-state index is 0.0611. The molecule has 0 heterocycles. The standard InChI is InChI=1S/C23H29Cl2N3O4S/c1-5-16(2)26-23(30)17(3)27(14-18-9-7-6-8-10-18)22(29)15-28(33(4,31)32)21-12-11-19(24)13-20(21)25/h6-13,16-17H,5,14-15H2,1-4H3,(H,26,30)/t16-,17-/m0/s1. The second-order valence-corrected chi connectivity index (χ2v) is 10.6. The Morgan fingerprint density at radius 1 is 1.06 bits per heavy atom. The van der Waals surface area contributed by atoms with E-state index < -0.39 is 28.5 Å². The molecule has 0 radical (unpaired) electrons. The summed E-state index contributed by atoms with van der Waals surface area (Å²) in [5.74, 6) is -0.855. The Bertz CT molecular complexity index is 1080. The highest BCUT2D eigenvalue weighted by molar-refractivity contribution is 7.92. The quantitative estimate of drug-likeness (QED) is 0.518. The number of carbonyl (C=O) groups excluding carboxylic acids is 2. The number of anilines is 1. The van der Waals surface area contributed by atoms with E-state index >= 15 is 0 Å². The van der Waals surface area contributed by atoms with Gasteiger partial charge in [-0.15, -0.1) is 0 Å². The molecule has 10 heteroatoms. The fraction of sp³-hybridized carbons (Fsp3) is 0.391. The number of hydrogen-bond donors (Lipinski definition) is 1. The van der Waals surface area contributed by atoms with Crippen molar-refractivity contribution in [2.75, 3.05) is 17.1 Å². The maximum Gasteiger partial charge on any atom is 0.244 e. The Balaban J connectivity index is 2.39. The van der Waals surface area contributed by atoms with E-state index in [2.05, 4.69) is 5.32 Å². The fourth-order valence-electron chi connectivity index (χ4n) is 3.11. The molecule has 2 amide bonds. The lowest BCUT2D eigenvalue weighted by atomic mass is 10.1. The molecule has 0 aliphatic rings. The molecule has 0 bridgehead atoms. The van der Waals surface area contributed by atoms with E-state index in [1.54, 1.807) is 6.92 Å². The molecule has 2 aromatic carbocycles. The molecular weight excluding hydrogens is 485 g/mol. The summed E-state index contributed by atoms with van der Waals surface area (Å²) in [6.07, 6.45) is 1.73. The van der Waals surface area contributed by atoms with Crippen LogP contribution in [0.25, 0.3) is 0 Å². The number of benzene rings is 2. The van der Waals surface area contributed by atoms with Crippen LogP contribution in [0.4, 0.5) is 5.69 Å². The molecule has 0 unspecified atom stereocenters. The zero-order valence-corrected chi connectivity index (χ0v) is 21.4. The van der Waals surface area contributed by atoms with Crippen molar-refractivity contribution in [2.24, 2.45) is 0 Å². The second-order valence-electron chi connectivity index (χ2n) is 7.87. The predicted octanol–water partition coefficient (Wildman–Crippen LogP) is 4.09. The molecule has 1 N–H and O–H groups in total. The third-order valence-corrected chi connectivity index (χ3v) is 6.89. The molecule has 2 atom stereocenters. The molecular formula is C23H29Cl2N3O4S. The van der Waals surface area contributed by atoms with Crippen LogP contribution in [0.15, 0.2) is 48.5 Å². The molecule has 0 aromatic heterocycles. The van der Waals surface area contributed by atoms with E-state index in [0.29, 0.717) is 5.02 Å². The summed E-state index contributed by atoms with van der Waals surface area (Å²) in [6.45, 7) is 5.07. The van der Waals surface area contributed by atoms with Crippen molar-refractivity contribution in [3.05, 3.63) is 64.1 Å². The Kier molecular flexibility index (Phi) is 9.57. The van der Waals surface area contributed by atoms with Crippen molar-refractivity contribution in [3.8, 4) is 0 Å². The maximum atomic E-state index is 13.4. The van der Waals surface area contributed by atoms with E-state index in [0.717, 1.165) is 22.5 Å². The van der Waals surface area contributed by atoms with Crippen molar-refractivity contribution in [2.45, 2.75) is 45.8 Å². The van der Waals surface area contributed by atoms with Crippen LogP contribution in [0.3, 0.4) is 0 Å². The Hall–Kier alpha value is -2.29. The van der Waals surface area contributed by atoms with Crippen LogP contribution in [0.1, 0.15) is 32.8 Å². The summed E-state index contributed by atoms with van der Waals surface area (Å²) in [5.41, 5.74) is 0.942. The maximum absolute atomic E-state index is 13.4. The van der Waals surface area contributed by atoms with E-state index in [4.69, 9.17) is 23.2 Å². The van der Waals surface area contributed by atoms with Gasteiger partial charge in [0.15, 0.2) is 0 Å². The normalized spacial score (nSPS) is 13.2. The predicted molar refractivity (Wildman–Crippen MR) is 133 cm³/mol. The average molecular weight is 514 g/mol. The lowest BCUT2D eigenvalue weighted by Gasteiger charge is -2.32. The second kappa shape index (κ2) is 11.7. The smallest absolute Gasteiger partial charge is 0.244 e. The molecule has 0 aliphatic carbocycles. The lowest BCUT2D eigenvalue weighted by molar-refractivity contribution is -0.139. The van der Waals surface area contributed by atoms with Crippen LogP contribution in [-0.2, 0) is 26.2 Å². The fourth-order valence-corrected chi connectivity index (χ4v) is 4.53. The Morgan fingerprint density at radius 2 is 1.70 bits per heavy atom. The van der Waals surface area contributed by atoms with E-state index in [1.165, 1.54) is 23.1 Å². The van der Waals surface area contributed by atoms with Gasteiger partial charge in [-0.05, 0) is 44.0 Å². The largest absolute Gasteiger partial charge is 0.352 e. The summed E-state index contributed by atoms with van der Waals surface area (Å²) in [6, 6.07) is 12.6. The minimum Gasteiger partial charge on any atom is -0.352 e. The molecule has 0 fully saturated rings. The molecule has 7 nitrogen and oxygen atoms in total. The molecule has 2 rings (SSSR count). The highest BCUT2D eigenvalue weighted by Crippen LogP contribution is 2.30. The number of halogens is 2. The van der Waals surface area contributed by atoms with Crippen molar-refractivity contribution < 1.29 is 18.0 Å². The number of rotatable bonds is 10. The zero-order valence-electron chi connectivity index (χ0n) is 19.1. The van der Waals surface area contributed by atoms with Crippen LogP contribution >= 0.6 is 23.2 Å². The SMILES string of the molecule is CC[C@H](C)NC(=O)[C@H](C)N(Cc1ccccc1)C(=O)CN(c1ccc(Cl)cc1Cl)S(C)(=O)=O. The third kappa shape index (κ3) is 7.62. The van der Waals surface area contributed by atoms with Crippen molar-refractivity contribution in [1.29, 1.82) is 0 Å². The molecule has 0 spiro atoms. The molecule has 0 saturated heterocycles. The first-order valence-electron chi connectivity index (χ1n) is 10.5. The van der Waals surface area contributed by atoms with Crippen LogP contribution in [0.2, 0.25) is 10.0 Å². The highest BCUT2D eigenvalue weighted by Gasteiger charge is 2.31. The zero-order chi connectivity index (χ0) is 24.8. The average Bonchev–Trinajstić information content (AvgIpc) is 2.75. The van der Waals surface area contributed by atoms with E-state index in [-0.39, 0.29) is 29.2 Å². The number of amides is 2. The van der Waals surface area contributed by atoms with Crippen LogP contribution < -0.4 is 9.62 Å². The first-order chi connectivity index (χ1) is 15.4. The number of sulfonamides is 1. The first kappa shape index (κ1) is 27.0. The Labute approximate surface area is 205 Å². The van der Waals surface area contributed by atoms with Crippen molar-refractivity contribution >= 4 is 50.7 Å². The summed E-state index contributed by atoms with van der Waals surface area (Å²) in [4.78, 5) is 27.6. The summed E-state index contributed by atoms with van der Waals surface area (Å²) in [5, 5.41) is 3.31. The Morgan fingerprint density at radius 3 is 2.24 bits per heavy atom. The van der Waals surface area contributed by atoms with Gasteiger partial charge in [0.25, 0.3) is 0 Å². The van der Waals surface area contributed by atoms with Gasteiger partial charge in [0.1, 0.15) is 12.6 Å². The van der Waals surface area contributed by atoms with Gasteiger partial charge in [-0.1, -0.05) is 60.5 Å². The molecule has 0 saturated carbocycles. The van der Waals surface area contributed by atoms with Crippen molar-refractivity contribution in [3.63, 3.8) is 0 Å². The van der Waals surface area contributed by atoms with Gasteiger partial charge < -0.3 is 10.2 Å². The number of nitrogens with zero attached hydrogens (tertiary/aromatic N) is 2. The van der Waals surface area contributed by atoms with Gasteiger partial charge in [0.2, 0.25) is 21.8 Å². The minimum atomic E-state index is -3.87. The lowest BCUT2D eigenvalue weighted by Crippen LogP contribution is -2.52. The monoisotopic (exact) mass is 513 g/mol. The van der Waals surface area contributed by atoms with Gasteiger partial charge in [0, 0.05) is 17.6 Å². The van der Waals surface area contributed by atoms with Gasteiger partial charge >= 0.3 is 0 Å². The van der Waals surface area contributed by atoms with E-state index in [9.17, 15) is 18.0 Å². The first-order valence-corrected chi connectivity index (χ1v) is 13.1. The molecule has 33 heavy (non-hydrogen) atoms. The summed E-state index contributed by atoms with van der Waals surface area (Å²) < 4.78 is 26.0. The third-order valence-electron chi connectivity index (χ3n) is 5.22. The van der Waals surface area contributed by atoms with Crippen LogP contribution in [0, 0.1) is 0 Å². The summed E-state index contributed by atoms with van der Waals surface area (Å²) in [7, 11) is -3.87. The van der Waals surface area contributed by atoms with Gasteiger partial charge in [-0.3, -0.25) is 13.9 Å².